The third-order valence-corrected chi connectivity index (χ3v) is 4.14. The molecule has 0 bridgehead atoms. The second-order valence-corrected chi connectivity index (χ2v) is 5.94. The van der Waals surface area contributed by atoms with E-state index in [1.54, 1.807) is 12.1 Å². The number of anilines is 2. The van der Waals surface area contributed by atoms with Crippen molar-refractivity contribution in [3.63, 3.8) is 0 Å². The summed E-state index contributed by atoms with van der Waals surface area (Å²) in [5, 5.41) is 6.12. The average molecular weight is 358 g/mol. The standard InChI is InChI=1S/C20H26N2O4/c1-13-6-7-15(10-14(13)2)21-9-8-19(23)22-16-11-17(24-3)20(26-5)18(12-16)25-4/h6-7,10-12,21H,8-9H2,1-5H3,(H,22,23). The first-order valence-electron chi connectivity index (χ1n) is 8.39. The molecule has 1 amide bonds. The summed E-state index contributed by atoms with van der Waals surface area (Å²) in [5.74, 6) is 1.38. The maximum Gasteiger partial charge on any atom is 0.226 e. The topological polar surface area (TPSA) is 68.8 Å². The number of nitrogens with one attached hydrogen (secondary N) is 2. The Labute approximate surface area is 154 Å². The Hall–Kier alpha value is -2.89. The summed E-state index contributed by atoms with van der Waals surface area (Å²) in [7, 11) is 4.61. The van der Waals surface area contributed by atoms with Gasteiger partial charge in [0.1, 0.15) is 0 Å². The Bertz CT molecular complexity index is 749. The highest BCUT2D eigenvalue weighted by Gasteiger charge is 2.14. The van der Waals surface area contributed by atoms with Crippen molar-refractivity contribution >= 4 is 17.3 Å². The van der Waals surface area contributed by atoms with Gasteiger partial charge in [-0.05, 0) is 37.1 Å². The van der Waals surface area contributed by atoms with Crippen LogP contribution in [0.4, 0.5) is 11.4 Å². The molecule has 26 heavy (non-hydrogen) atoms. The molecule has 0 saturated heterocycles. The van der Waals surface area contributed by atoms with Crippen molar-refractivity contribution in [2.45, 2.75) is 20.3 Å². The lowest BCUT2D eigenvalue weighted by Crippen LogP contribution is -2.16. The predicted molar refractivity (Wildman–Crippen MR) is 104 cm³/mol. The number of methoxy groups -OCH3 is 3. The molecule has 140 valence electrons. The third-order valence-electron chi connectivity index (χ3n) is 4.14. The van der Waals surface area contributed by atoms with E-state index >= 15 is 0 Å². The van der Waals surface area contributed by atoms with Gasteiger partial charge in [-0.15, -0.1) is 0 Å². The van der Waals surface area contributed by atoms with Crippen LogP contribution < -0.4 is 24.8 Å². The molecule has 2 rings (SSSR count). The Balaban J connectivity index is 1.95. The average Bonchev–Trinajstić information content (AvgIpc) is 2.63. The Morgan fingerprint density at radius 2 is 1.54 bits per heavy atom. The highest BCUT2D eigenvalue weighted by molar-refractivity contribution is 5.91. The lowest BCUT2D eigenvalue weighted by atomic mass is 10.1. The van der Waals surface area contributed by atoms with Crippen molar-refractivity contribution in [2.24, 2.45) is 0 Å². The van der Waals surface area contributed by atoms with Gasteiger partial charge in [0.25, 0.3) is 0 Å². The summed E-state index contributed by atoms with van der Waals surface area (Å²) in [6.07, 6.45) is 0.337. The van der Waals surface area contributed by atoms with Crippen molar-refractivity contribution in [1.82, 2.24) is 0 Å². The molecular formula is C20H26N2O4. The second-order valence-electron chi connectivity index (χ2n) is 5.94. The molecule has 0 aromatic heterocycles. The lowest BCUT2D eigenvalue weighted by Gasteiger charge is -2.15. The van der Waals surface area contributed by atoms with E-state index in [9.17, 15) is 4.79 Å². The van der Waals surface area contributed by atoms with Crippen molar-refractivity contribution in [3.05, 3.63) is 41.5 Å². The number of benzene rings is 2. The smallest absolute Gasteiger partial charge is 0.226 e. The molecule has 6 heteroatoms. The van der Waals surface area contributed by atoms with Gasteiger partial charge in [-0.3, -0.25) is 4.79 Å². The Morgan fingerprint density at radius 1 is 0.885 bits per heavy atom. The summed E-state index contributed by atoms with van der Waals surface area (Å²) < 4.78 is 15.9. The number of carbonyl (C=O) groups is 1. The van der Waals surface area contributed by atoms with Crippen LogP contribution >= 0.6 is 0 Å². The van der Waals surface area contributed by atoms with Gasteiger partial charge in [0.2, 0.25) is 11.7 Å². The van der Waals surface area contributed by atoms with Crippen LogP contribution in [0.3, 0.4) is 0 Å². The zero-order valence-electron chi connectivity index (χ0n) is 15.9. The molecule has 0 unspecified atom stereocenters. The van der Waals surface area contributed by atoms with Crippen LogP contribution in [0.2, 0.25) is 0 Å². The number of carbonyl (C=O) groups excluding carboxylic acids is 1. The van der Waals surface area contributed by atoms with Gasteiger partial charge >= 0.3 is 0 Å². The van der Waals surface area contributed by atoms with Crippen LogP contribution in [0.1, 0.15) is 17.5 Å². The highest BCUT2D eigenvalue weighted by atomic mass is 16.5. The number of hydrogen-bond donors (Lipinski definition) is 2. The maximum atomic E-state index is 12.2. The molecule has 0 atom stereocenters. The van der Waals surface area contributed by atoms with Gasteiger partial charge in [-0.25, -0.2) is 0 Å². The fourth-order valence-electron chi connectivity index (χ4n) is 2.55. The minimum absolute atomic E-state index is 0.101. The van der Waals surface area contributed by atoms with E-state index in [1.807, 2.05) is 6.07 Å². The van der Waals surface area contributed by atoms with Crippen LogP contribution in [-0.2, 0) is 4.79 Å². The SMILES string of the molecule is COc1cc(NC(=O)CCNc2ccc(C)c(C)c2)cc(OC)c1OC. The molecule has 2 aromatic carbocycles. The van der Waals surface area contributed by atoms with E-state index in [4.69, 9.17) is 14.2 Å². The number of aryl methyl sites for hydroxylation is 2. The fraction of sp³-hybridized carbons (Fsp3) is 0.350. The molecular weight excluding hydrogens is 332 g/mol. The van der Waals surface area contributed by atoms with Crippen molar-refractivity contribution in [1.29, 1.82) is 0 Å². The molecule has 0 spiro atoms. The Morgan fingerprint density at radius 3 is 2.08 bits per heavy atom. The monoisotopic (exact) mass is 358 g/mol. The normalized spacial score (nSPS) is 10.2. The summed E-state index contributed by atoms with van der Waals surface area (Å²) in [6, 6.07) is 9.56. The quantitative estimate of drug-likeness (QED) is 0.752. The van der Waals surface area contributed by atoms with E-state index in [-0.39, 0.29) is 5.91 Å². The van der Waals surface area contributed by atoms with E-state index < -0.39 is 0 Å². The maximum absolute atomic E-state index is 12.2. The largest absolute Gasteiger partial charge is 0.493 e. The third kappa shape index (κ3) is 4.81. The predicted octanol–water partition coefficient (Wildman–Crippen LogP) is 3.77. The van der Waals surface area contributed by atoms with Gasteiger partial charge in [0.15, 0.2) is 11.5 Å². The van der Waals surface area contributed by atoms with Crippen LogP contribution in [0.5, 0.6) is 17.2 Å². The molecule has 0 saturated carbocycles. The zero-order chi connectivity index (χ0) is 19.1. The molecule has 6 nitrogen and oxygen atoms in total. The first-order valence-corrected chi connectivity index (χ1v) is 8.39. The number of rotatable bonds is 8. The second kappa shape index (κ2) is 8.99. The van der Waals surface area contributed by atoms with Gasteiger partial charge in [0, 0.05) is 36.5 Å². The summed E-state index contributed by atoms with van der Waals surface area (Å²) in [5.41, 5.74) is 4.07. The molecule has 0 radical (unpaired) electrons. The minimum atomic E-state index is -0.101. The van der Waals surface area contributed by atoms with Gasteiger partial charge in [-0.1, -0.05) is 6.07 Å². The molecule has 0 aliphatic rings. The minimum Gasteiger partial charge on any atom is -0.493 e. The summed E-state index contributed by atoms with van der Waals surface area (Å²) >= 11 is 0. The van der Waals surface area contributed by atoms with E-state index in [0.29, 0.717) is 35.9 Å². The molecule has 0 fully saturated rings. The summed E-state index contributed by atoms with van der Waals surface area (Å²) in [6.45, 7) is 4.68. The van der Waals surface area contributed by atoms with Crippen LogP contribution in [0.25, 0.3) is 0 Å². The zero-order valence-corrected chi connectivity index (χ0v) is 15.9. The van der Waals surface area contributed by atoms with Gasteiger partial charge in [-0.2, -0.15) is 0 Å². The molecule has 2 N–H and O–H groups in total. The summed E-state index contributed by atoms with van der Waals surface area (Å²) in [4.78, 5) is 12.2. The number of amides is 1. The highest BCUT2D eigenvalue weighted by Crippen LogP contribution is 2.39. The van der Waals surface area contributed by atoms with Crippen LogP contribution in [-0.4, -0.2) is 33.8 Å². The number of hydrogen-bond acceptors (Lipinski definition) is 5. The van der Waals surface area contributed by atoms with Gasteiger partial charge < -0.3 is 24.8 Å². The van der Waals surface area contributed by atoms with E-state index in [2.05, 4.69) is 36.6 Å². The first-order chi connectivity index (χ1) is 12.5. The molecule has 2 aromatic rings. The van der Waals surface area contributed by atoms with Crippen LogP contribution in [0.15, 0.2) is 30.3 Å². The number of ether oxygens (including phenoxy) is 3. The van der Waals surface area contributed by atoms with E-state index in [1.165, 1.54) is 32.5 Å². The van der Waals surface area contributed by atoms with Crippen molar-refractivity contribution in [3.8, 4) is 17.2 Å². The van der Waals surface area contributed by atoms with E-state index in [0.717, 1.165) is 5.69 Å². The first kappa shape index (κ1) is 19.4. The lowest BCUT2D eigenvalue weighted by molar-refractivity contribution is -0.115. The molecule has 0 aliphatic carbocycles. The Kier molecular flexibility index (Phi) is 6.72. The van der Waals surface area contributed by atoms with Crippen molar-refractivity contribution in [2.75, 3.05) is 38.5 Å². The van der Waals surface area contributed by atoms with Crippen LogP contribution in [0, 0.1) is 13.8 Å². The van der Waals surface area contributed by atoms with Gasteiger partial charge in [0.05, 0.1) is 21.3 Å². The molecule has 0 heterocycles. The van der Waals surface area contributed by atoms with Crippen molar-refractivity contribution < 1.29 is 19.0 Å². The fourth-order valence-corrected chi connectivity index (χ4v) is 2.55. The molecule has 0 aliphatic heterocycles.